The molecule has 1 aliphatic rings. The van der Waals surface area contributed by atoms with Gasteiger partial charge >= 0.3 is 0 Å². The summed E-state index contributed by atoms with van der Waals surface area (Å²) < 4.78 is 10.9. The van der Waals surface area contributed by atoms with E-state index in [-0.39, 0.29) is 11.8 Å². The van der Waals surface area contributed by atoms with E-state index < -0.39 is 5.60 Å². The van der Waals surface area contributed by atoms with Gasteiger partial charge in [-0.15, -0.1) is 0 Å². The Labute approximate surface area is 148 Å². The standard InChI is InChI=1S/C20H23NO4/c1-14(22)20(2)13-18(21(25-20)15-8-6-5-7-9-15)17-12-16(23-3)10-11-19(17)24-4/h5-12,18H,13H2,1-4H3/t18-,20+/m1/s1. The molecule has 2 atom stereocenters. The molecule has 132 valence electrons. The van der Waals surface area contributed by atoms with Crippen molar-refractivity contribution in [1.82, 2.24) is 0 Å². The fourth-order valence-electron chi connectivity index (χ4n) is 3.12. The Morgan fingerprint density at radius 2 is 1.88 bits per heavy atom. The number of carbonyl (C=O) groups excluding carboxylic acids is 1. The van der Waals surface area contributed by atoms with Crippen molar-refractivity contribution in [3.63, 3.8) is 0 Å². The Bertz CT molecular complexity index is 762. The summed E-state index contributed by atoms with van der Waals surface area (Å²) in [6.07, 6.45) is 0.529. The third kappa shape index (κ3) is 3.20. The van der Waals surface area contributed by atoms with Crippen molar-refractivity contribution >= 4 is 11.5 Å². The van der Waals surface area contributed by atoms with Crippen molar-refractivity contribution in [2.75, 3.05) is 19.3 Å². The Morgan fingerprint density at radius 3 is 2.48 bits per heavy atom. The predicted octanol–water partition coefficient (Wildman–Crippen LogP) is 3.93. The molecule has 2 aromatic carbocycles. The molecule has 0 aromatic heterocycles. The molecule has 0 radical (unpaired) electrons. The van der Waals surface area contributed by atoms with Gasteiger partial charge in [0.25, 0.3) is 0 Å². The molecule has 0 spiro atoms. The number of hydrogen-bond acceptors (Lipinski definition) is 5. The van der Waals surface area contributed by atoms with Crippen molar-refractivity contribution in [1.29, 1.82) is 0 Å². The second-order valence-electron chi connectivity index (χ2n) is 6.37. The third-order valence-electron chi connectivity index (χ3n) is 4.72. The summed E-state index contributed by atoms with van der Waals surface area (Å²) in [6.45, 7) is 3.40. The van der Waals surface area contributed by atoms with Crippen LogP contribution >= 0.6 is 0 Å². The van der Waals surface area contributed by atoms with Gasteiger partial charge in [0.05, 0.1) is 25.9 Å². The van der Waals surface area contributed by atoms with E-state index in [1.807, 2.05) is 55.5 Å². The van der Waals surface area contributed by atoms with E-state index in [0.717, 1.165) is 22.7 Å². The van der Waals surface area contributed by atoms with E-state index in [1.165, 1.54) is 0 Å². The van der Waals surface area contributed by atoms with E-state index in [1.54, 1.807) is 26.2 Å². The highest BCUT2D eigenvalue weighted by Gasteiger charge is 2.47. The highest BCUT2D eigenvalue weighted by atomic mass is 16.7. The lowest BCUT2D eigenvalue weighted by Crippen LogP contribution is -2.34. The number of para-hydroxylation sites is 1. The number of nitrogens with zero attached hydrogens (tertiary/aromatic N) is 1. The zero-order valence-electron chi connectivity index (χ0n) is 15.0. The maximum Gasteiger partial charge on any atom is 0.164 e. The average molecular weight is 341 g/mol. The third-order valence-corrected chi connectivity index (χ3v) is 4.72. The minimum Gasteiger partial charge on any atom is -0.497 e. The van der Waals surface area contributed by atoms with Crippen LogP contribution in [0.5, 0.6) is 11.5 Å². The molecule has 5 heteroatoms. The Balaban J connectivity index is 2.09. The van der Waals surface area contributed by atoms with Crippen LogP contribution in [0.15, 0.2) is 48.5 Å². The van der Waals surface area contributed by atoms with Crippen LogP contribution in [0, 0.1) is 0 Å². The van der Waals surface area contributed by atoms with Gasteiger partial charge in [0.2, 0.25) is 0 Å². The number of ether oxygens (including phenoxy) is 2. The molecule has 25 heavy (non-hydrogen) atoms. The van der Waals surface area contributed by atoms with E-state index in [0.29, 0.717) is 6.42 Å². The minimum absolute atomic E-state index is 0.00204. The maximum atomic E-state index is 12.2. The average Bonchev–Trinajstić information content (AvgIpc) is 3.01. The highest BCUT2D eigenvalue weighted by molar-refractivity contribution is 5.85. The number of anilines is 1. The van der Waals surface area contributed by atoms with Gasteiger partial charge in [-0.1, -0.05) is 18.2 Å². The van der Waals surface area contributed by atoms with Crippen molar-refractivity contribution in [2.45, 2.75) is 31.9 Å². The molecule has 1 aliphatic heterocycles. The van der Waals surface area contributed by atoms with Crippen LogP contribution in [0.4, 0.5) is 5.69 Å². The smallest absolute Gasteiger partial charge is 0.164 e. The first-order chi connectivity index (χ1) is 12.0. The molecule has 3 rings (SSSR count). The van der Waals surface area contributed by atoms with Gasteiger partial charge in [-0.05, 0) is 44.2 Å². The number of hydroxylamine groups is 1. The van der Waals surface area contributed by atoms with Gasteiger partial charge in [-0.3, -0.25) is 9.63 Å². The van der Waals surface area contributed by atoms with Crippen LogP contribution < -0.4 is 14.5 Å². The van der Waals surface area contributed by atoms with E-state index in [2.05, 4.69) is 0 Å². The largest absolute Gasteiger partial charge is 0.497 e. The summed E-state index contributed by atoms with van der Waals surface area (Å²) >= 11 is 0. The molecule has 0 unspecified atom stereocenters. The van der Waals surface area contributed by atoms with E-state index >= 15 is 0 Å². The van der Waals surface area contributed by atoms with E-state index in [9.17, 15) is 4.79 Å². The molecule has 0 bridgehead atoms. The Morgan fingerprint density at radius 1 is 1.16 bits per heavy atom. The molecule has 5 nitrogen and oxygen atoms in total. The van der Waals surface area contributed by atoms with Gasteiger partial charge in [0.1, 0.15) is 11.5 Å². The molecule has 1 saturated heterocycles. The number of benzene rings is 2. The molecule has 1 fully saturated rings. The van der Waals surface area contributed by atoms with Crippen LogP contribution in [0.1, 0.15) is 31.9 Å². The van der Waals surface area contributed by atoms with Crippen molar-refractivity contribution in [2.24, 2.45) is 0 Å². The summed E-state index contributed by atoms with van der Waals surface area (Å²) in [4.78, 5) is 18.3. The minimum atomic E-state index is -0.880. The molecular formula is C20H23NO4. The Hall–Kier alpha value is -2.53. The monoisotopic (exact) mass is 341 g/mol. The predicted molar refractivity (Wildman–Crippen MR) is 96.0 cm³/mol. The normalized spacial score (nSPS) is 22.7. The molecule has 0 amide bonds. The summed E-state index contributed by atoms with van der Waals surface area (Å²) in [6, 6.07) is 15.3. The summed E-state index contributed by atoms with van der Waals surface area (Å²) in [7, 11) is 3.27. The first kappa shape index (κ1) is 17.3. The summed E-state index contributed by atoms with van der Waals surface area (Å²) in [5.41, 5.74) is 0.937. The summed E-state index contributed by atoms with van der Waals surface area (Å²) in [5, 5.41) is 1.80. The number of carbonyl (C=O) groups is 1. The van der Waals surface area contributed by atoms with Gasteiger partial charge in [0.15, 0.2) is 11.4 Å². The van der Waals surface area contributed by atoms with Gasteiger partial charge < -0.3 is 9.47 Å². The van der Waals surface area contributed by atoms with Crippen molar-refractivity contribution < 1.29 is 19.1 Å². The van der Waals surface area contributed by atoms with Gasteiger partial charge in [0, 0.05) is 12.0 Å². The molecule has 1 heterocycles. The topological polar surface area (TPSA) is 48.0 Å². The second-order valence-corrected chi connectivity index (χ2v) is 6.37. The van der Waals surface area contributed by atoms with Gasteiger partial charge in [-0.25, -0.2) is 5.06 Å². The van der Waals surface area contributed by atoms with Gasteiger partial charge in [-0.2, -0.15) is 0 Å². The fraction of sp³-hybridized carbons (Fsp3) is 0.350. The number of rotatable bonds is 5. The summed E-state index contributed by atoms with van der Waals surface area (Å²) in [5.74, 6) is 1.47. The SMILES string of the molecule is COc1ccc(OC)c([C@H]2C[C@@](C)(C(C)=O)ON2c2ccccc2)c1. The fourth-order valence-corrected chi connectivity index (χ4v) is 3.12. The van der Waals surface area contributed by atoms with Crippen LogP contribution in [0.3, 0.4) is 0 Å². The molecule has 2 aromatic rings. The molecular weight excluding hydrogens is 318 g/mol. The lowest BCUT2D eigenvalue weighted by molar-refractivity contribution is -0.136. The lowest BCUT2D eigenvalue weighted by Gasteiger charge is -2.27. The highest BCUT2D eigenvalue weighted by Crippen LogP contribution is 2.46. The number of methoxy groups -OCH3 is 2. The molecule has 0 saturated carbocycles. The van der Waals surface area contributed by atoms with Crippen molar-refractivity contribution in [3.8, 4) is 11.5 Å². The number of ketones is 1. The first-order valence-electron chi connectivity index (χ1n) is 8.25. The van der Waals surface area contributed by atoms with Crippen LogP contribution in [-0.2, 0) is 9.63 Å². The molecule has 0 N–H and O–H groups in total. The van der Waals surface area contributed by atoms with Crippen molar-refractivity contribution in [3.05, 3.63) is 54.1 Å². The zero-order valence-corrected chi connectivity index (χ0v) is 15.0. The number of Topliss-reactive ketones (excluding diaryl/α,β-unsaturated/α-hetero) is 1. The van der Waals surface area contributed by atoms with Crippen LogP contribution in [-0.4, -0.2) is 25.6 Å². The zero-order chi connectivity index (χ0) is 18.0. The first-order valence-corrected chi connectivity index (χ1v) is 8.25. The van der Waals surface area contributed by atoms with E-state index in [4.69, 9.17) is 14.3 Å². The quantitative estimate of drug-likeness (QED) is 0.824. The lowest BCUT2D eigenvalue weighted by atomic mass is 9.90. The molecule has 0 aliphatic carbocycles. The van der Waals surface area contributed by atoms with Crippen LogP contribution in [0.25, 0.3) is 0 Å². The Kier molecular flexibility index (Phi) is 4.68. The maximum absolute atomic E-state index is 12.2. The van der Waals surface area contributed by atoms with Crippen LogP contribution in [0.2, 0.25) is 0 Å². The second kappa shape index (κ2) is 6.76. The number of hydrogen-bond donors (Lipinski definition) is 0.